The maximum absolute atomic E-state index is 13.3. The minimum absolute atomic E-state index is 0.0649. The number of carboxylic acid groups (broad SMARTS) is 1. The summed E-state index contributed by atoms with van der Waals surface area (Å²) in [6.07, 6.45) is 0. The highest BCUT2D eigenvalue weighted by molar-refractivity contribution is 6.30. The summed E-state index contributed by atoms with van der Waals surface area (Å²) in [6.45, 7) is 0.336. The zero-order chi connectivity index (χ0) is 14.0. The van der Waals surface area contributed by atoms with Crippen LogP contribution in [0.2, 0.25) is 5.02 Å². The van der Waals surface area contributed by atoms with Gasteiger partial charge in [0.25, 0.3) is 5.91 Å². The van der Waals surface area contributed by atoms with E-state index in [1.165, 1.54) is 12.1 Å². The Labute approximate surface area is 113 Å². The second-order valence-corrected chi connectivity index (χ2v) is 4.46. The number of ether oxygens (including phenoxy) is 1. The first-order valence-electron chi connectivity index (χ1n) is 5.57. The molecular weight excluding hydrogens is 277 g/mol. The molecule has 1 heterocycles. The number of halogens is 2. The predicted octanol–water partition coefficient (Wildman–Crippen LogP) is 1.40. The second kappa shape index (κ2) is 5.54. The molecule has 1 aliphatic heterocycles. The van der Waals surface area contributed by atoms with Crippen LogP contribution in [0.4, 0.5) is 4.39 Å². The number of carboxylic acids is 1. The molecule has 1 atom stereocenters. The van der Waals surface area contributed by atoms with Gasteiger partial charge in [0.1, 0.15) is 5.82 Å². The van der Waals surface area contributed by atoms with Gasteiger partial charge in [0.05, 0.1) is 18.2 Å². The highest BCUT2D eigenvalue weighted by Crippen LogP contribution is 2.18. The summed E-state index contributed by atoms with van der Waals surface area (Å²) in [4.78, 5) is 24.4. The Balaban J connectivity index is 2.26. The molecule has 1 aromatic carbocycles. The van der Waals surface area contributed by atoms with Crippen LogP contribution in [0.25, 0.3) is 0 Å². The van der Waals surface area contributed by atoms with Gasteiger partial charge in [-0.15, -0.1) is 0 Å². The lowest BCUT2D eigenvalue weighted by molar-refractivity contribution is -0.147. The fourth-order valence-corrected chi connectivity index (χ4v) is 1.96. The van der Waals surface area contributed by atoms with Crippen molar-refractivity contribution >= 4 is 23.5 Å². The van der Waals surface area contributed by atoms with Crippen LogP contribution >= 0.6 is 11.6 Å². The Bertz CT molecular complexity index is 522. The van der Waals surface area contributed by atoms with Crippen molar-refractivity contribution < 1.29 is 23.8 Å². The van der Waals surface area contributed by atoms with Gasteiger partial charge in [0, 0.05) is 12.1 Å². The lowest BCUT2D eigenvalue weighted by Crippen LogP contribution is -2.52. The molecule has 1 aliphatic rings. The number of hydrogen-bond acceptors (Lipinski definition) is 3. The number of rotatable bonds is 2. The molecule has 0 aromatic heterocycles. The molecule has 2 rings (SSSR count). The van der Waals surface area contributed by atoms with Crippen LogP contribution in [-0.4, -0.2) is 47.7 Å². The lowest BCUT2D eigenvalue weighted by Gasteiger charge is -2.32. The van der Waals surface area contributed by atoms with Gasteiger partial charge in [0.2, 0.25) is 0 Å². The normalized spacial score (nSPS) is 19.3. The van der Waals surface area contributed by atoms with Gasteiger partial charge in [-0.25, -0.2) is 9.18 Å². The van der Waals surface area contributed by atoms with Gasteiger partial charge in [-0.2, -0.15) is 0 Å². The minimum atomic E-state index is -1.15. The van der Waals surface area contributed by atoms with Crippen LogP contribution in [0.5, 0.6) is 0 Å². The van der Waals surface area contributed by atoms with Crippen molar-refractivity contribution in [3.8, 4) is 0 Å². The summed E-state index contributed by atoms with van der Waals surface area (Å²) >= 11 is 5.54. The Hall–Kier alpha value is -1.66. The number of morpholine rings is 1. The quantitative estimate of drug-likeness (QED) is 0.893. The van der Waals surface area contributed by atoms with Crippen molar-refractivity contribution in [3.05, 3.63) is 34.6 Å². The summed E-state index contributed by atoms with van der Waals surface area (Å²) in [5, 5.41) is 8.94. The van der Waals surface area contributed by atoms with E-state index in [4.69, 9.17) is 21.4 Å². The summed E-state index contributed by atoms with van der Waals surface area (Å²) < 4.78 is 18.4. The number of benzene rings is 1. The van der Waals surface area contributed by atoms with Crippen molar-refractivity contribution in [2.75, 3.05) is 19.8 Å². The highest BCUT2D eigenvalue weighted by Gasteiger charge is 2.33. The number of carbonyl (C=O) groups excluding carboxylic acids is 1. The molecule has 1 amide bonds. The molecule has 1 unspecified atom stereocenters. The Morgan fingerprint density at radius 1 is 1.47 bits per heavy atom. The minimum Gasteiger partial charge on any atom is -0.480 e. The van der Waals surface area contributed by atoms with Crippen LogP contribution < -0.4 is 0 Å². The molecule has 0 aliphatic carbocycles. The van der Waals surface area contributed by atoms with Gasteiger partial charge >= 0.3 is 5.97 Å². The van der Waals surface area contributed by atoms with E-state index in [0.717, 1.165) is 11.0 Å². The molecule has 102 valence electrons. The third-order valence-electron chi connectivity index (χ3n) is 2.84. The van der Waals surface area contributed by atoms with Crippen molar-refractivity contribution in [1.29, 1.82) is 0 Å². The lowest BCUT2D eigenvalue weighted by atomic mass is 10.1. The maximum atomic E-state index is 13.3. The van der Waals surface area contributed by atoms with E-state index in [-0.39, 0.29) is 30.3 Å². The van der Waals surface area contributed by atoms with Gasteiger partial charge in [-0.05, 0) is 18.2 Å². The summed E-state index contributed by atoms with van der Waals surface area (Å²) in [7, 11) is 0. The van der Waals surface area contributed by atoms with Crippen LogP contribution in [0, 0.1) is 5.82 Å². The third-order valence-corrected chi connectivity index (χ3v) is 3.15. The molecule has 1 aromatic rings. The van der Waals surface area contributed by atoms with Crippen LogP contribution in [-0.2, 0) is 9.53 Å². The monoisotopic (exact) mass is 287 g/mol. The van der Waals surface area contributed by atoms with Crippen molar-refractivity contribution in [3.63, 3.8) is 0 Å². The number of hydrogen-bond donors (Lipinski definition) is 1. The smallest absolute Gasteiger partial charge is 0.328 e. The summed E-state index contributed by atoms with van der Waals surface area (Å²) in [6, 6.07) is 2.57. The van der Waals surface area contributed by atoms with Crippen LogP contribution in [0.15, 0.2) is 18.2 Å². The van der Waals surface area contributed by atoms with E-state index < -0.39 is 23.7 Å². The van der Waals surface area contributed by atoms with Gasteiger partial charge in [-0.1, -0.05) is 11.6 Å². The Kier molecular flexibility index (Phi) is 4.01. The first kappa shape index (κ1) is 13.8. The standard InChI is InChI=1S/C12H11ClFNO4/c13-8-2-1-7(5-9(8)14)11(16)15-3-4-19-6-10(15)12(17)18/h1-2,5,10H,3-4,6H2,(H,17,18). The summed E-state index contributed by atoms with van der Waals surface area (Å²) in [5.74, 6) is -2.42. The average molecular weight is 288 g/mol. The van der Waals surface area contributed by atoms with E-state index >= 15 is 0 Å². The fraction of sp³-hybridized carbons (Fsp3) is 0.333. The molecule has 7 heteroatoms. The molecule has 1 saturated heterocycles. The SMILES string of the molecule is O=C(O)C1COCCN1C(=O)c1ccc(Cl)c(F)c1. The average Bonchev–Trinajstić information content (AvgIpc) is 2.41. The molecule has 1 fully saturated rings. The maximum Gasteiger partial charge on any atom is 0.328 e. The number of amides is 1. The molecule has 0 bridgehead atoms. The molecule has 0 spiro atoms. The Morgan fingerprint density at radius 2 is 2.21 bits per heavy atom. The van der Waals surface area contributed by atoms with E-state index in [1.807, 2.05) is 0 Å². The van der Waals surface area contributed by atoms with E-state index in [9.17, 15) is 14.0 Å². The Morgan fingerprint density at radius 3 is 2.84 bits per heavy atom. The second-order valence-electron chi connectivity index (χ2n) is 4.06. The van der Waals surface area contributed by atoms with E-state index in [2.05, 4.69) is 0 Å². The number of nitrogens with zero attached hydrogens (tertiary/aromatic N) is 1. The van der Waals surface area contributed by atoms with E-state index in [1.54, 1.807) is 0 Å². The molecule has 5 nitrogen and oxygen atoms in total. The summed E-state index contributed by atoms with van der Waals surface area (Å²) in [5.41, 5.74) is 0.0649. The molecule has 1 N–H and O–H groups in total. The largest absolute Gasteiger partial charge is 0.480 e. The van der Waals surface area contributed by atoms with Crippen LogP contribution in [0.3, 0.4) is 0 Å². The predicted molar refractivity (Wildman–Crippen MR) is 64.7 cm³/mol. The topological polar surface area (TPSA) is 66.8 Å². The van der Waals surface area contributed by atoms with Crippen molar-refractivity contribution in [2.45, 2.75) is 6.04 Å². The van der Waals surface area contributed by atoms with Crippen LogP contribution in [0.1, 0.15) is 10.4 Å². The molecule has 19 heavy (non-hydrogen) atoms. The molecule has 0 radical (unpaired) electrons. The molecule has 0 saturated carbocycles. The van der Waals surface area contributed by atoms with Crippen molar-refractivity contribution in [2.24, 2.45) is 0 Å². The van der Waals surface area contributed by atoms with E-state index in [0.29, 0.717) is 0 Å². The third kappa shape index (κ3) is 2.85. The van der Waals surface area contributed by atoms with Gasteiger partial charge in [-0.3, -0.25) is 4.79 Å². The molecular formula is C12H11ClFNO4. The fourth-order valence-electron chi connectivity index (χ4n) is 1.85. The van der Waals surface area contributed by atoms with Gasteiger partial charge < -0.3 is 14.7 Å². The van der Waals surface area contributed by atoms with Crippen molar-refractivity contribution in [1.82, 2.24) is 4.90 Å². The first-order chi connectivity index (χ1) is 9.00. The number of carbonyl (C=O) groups is 2. The zero-order valence-electron chi connectivity index (χ0n) is 9.81. The first-order valence-corrected chi connectivity index (χ1v) is 5.95. The highest BCUT2D eigenvalue weighted by atomic mass is 35.5. The zero-order valence-corrected chi connectivity index (χ0v) is 10.6. The number of aliphatic carboxylic acids is 1. The van der Waals surface area contributed by atoms with Gasteiger partial charge in [0.15, 0.2) is 6.04 Å².